The van der Waals surface area contributed by atoms with Crippen LogP contribution in [0.5, 0.6) is 5.75 Å². The van der Waals surface area contributed by atoms with Crippen molar-refractivity contribution in [2.45, 2.75) is 51.2 Å². The van der Waals surface area contributed by atoms with Crippen LogP contribution in [0.15, 0.2) is 24.3 Å². The average Bonchev–Trinajstić information content (AvgIpc) is 2.74. The van der Waals surface area contributed by atoms with E-state index in [1.165, 1.54) is 44.1 Å². The number of nitrogens with one attached hydrogen (secondary N) is 1. The molecule has 0 radical (unpaired) electrons. The van der Waals surface area contributed by atoms with Gasteiger partial charge in [-0.1, -0.05) is 31.0 Å². The molecule has 1 saturated carbocycles. The van der Waals surface area contributed by atoms with Crippen LogP contribution in [0.25, 0.3) is 0 Å². The Labute approximate surface area is 122 Å². The molecule has 0 amide bonds. The summed E-state index contributed by atoms with van der Waals surface area (Å²) in [5.41, 5.74) is 1.24. The third-order valence-corrected chi connectivity index (χ3v) is 3.87. The van der Waals surface area contributed by atoms with E-state index in [0.29, 0.717) is 6.10 Å². The Morgan fingerprint density at radius 2 is 1.85 bits per heavy atom. The van der Waals surface area contributed by atoms with Crippen molar-refractivity contribution in [3.05, 3.63) is 29.8 Å². The molecule has 0 unspecified atom stereocenters. The first-order valence-corrected chi connectivity index (χ1v) is 7.84. The molecule has 1 aromatic rings. The van der Waals surface area contributed by atoms with Crippen molar-refractivity contribution in [1.29, 1.82) is 0 Å². The largest absolute Gasteiger partial charge is 0.490 e. The van der Waals surface area contributed by atoms with E-state index >= 15 is 0 Å². The molecular formula is C17H27NO2. The second-order valence-corrected chi connectivity index (χ2v) is 5.51. The Morgan fingerprint density at radius 3 is 2.60 bits per heavy atom. The van der Waals surface area contributed by atoms with Crippen molar-refractivity contribution in [1.82, 2.24) is 5.32 Å². The smallest absolute Gasteiger partial charge is 0.124 e. The number of rotatable bonds is 7. The summed E-state index contributed by atoms with van der Waals surface area (Å²) < 4.78 is 11.3. The van der Waals surface area contributed by atoms with Gasteiger partial charge >= 0.3 is 0 Å². The molecule has 3 nitrogen and oxygen atoms in total. The Bertz CT molecular complexity index is 373. The molecule has 3 heteroatoms. The van der Waals surface area contributed by atoms with Gasteiger partial charge < -0.3 is 14.8 Å². The van der Waals surface area contributed by atoms with Crippen LogP contribution in [-0.2, 0) is 11.3 Å². The summed E-state index contributed by atoms with van der Waals surface area (Å²) in [6, 6.07) is 8.38. The number of methoxy groups -OCH3 is 1. The van der Waals surface area contributed by atoms with Gasteiger partial charge in [0.25, 0.3) is 0 Å². The van der Waals surface area contributed by atoms with Gasteiger partial charge in [-0.25, -0.2) is 0 Å². The highest BCUT2D eigenvalue weighted by Crippen LogP contribution is 2.25. The first-order chi connectivity index (χ1) is 9.90. The number of benzene rings is 1. The number of para-hydroxylation sites is 1. The molecule has 1 N–H and O–H groups in total. The first-order valence-electron chi connectivity index (χ1n) is 7.84. The first kappa shape index (κ1) is 15.3. The van der Waals surface area contributed by atoms with E-state index in [1.54, 1.807) is 7.11 Å². The van der Waals surface area contributed by atoms with E-state index in [2.05, 4.69) is 29.6 Å². The molecular weight excluding hydrogens is 250 g/mol. The lowest BCUT2D eigenvalue weighted by Crippen LogP contribution is -2.20. The van der Waals surface area contributed by atoms with Crippen molar-refractivity contribution in [3.63, 3.8) is 0 Å². The van der Waals surface area contributed by atoms with E-state index < -0.39 is 0 Å². The maximum atomic E-state index is 6.25. The maximum absolute atomic E-state index is 6.25. The van der Waals surface area contributed by atoms with Gasteiger partial charge in [-0.2, -0.15) is 0 Å². The second-order valence-electron chi connectivity index (χ2n) is 5.51. The zero-order chi connectivity index (χ0) is 14.0. The van der Waals surface area contributed by atoms with E-state index in [9.17, 15) is 0 Å². The van der Waals surface area contributed by atoms with Crippen LogP contribution in [0.2, 0.25) is 0 Å². The van der Waals surface area contributed by atoms with Gasteiger partial charge in [-0.05, 0) is 31.7 Å². The quantitative estimate of drug-likeness (QED) is 0.611. The Balaban J connectivity index is 1.89. The van der Waals surface area contributed by atoms with Gasteiger partial charge in [0.2, 0.25) is 0 Å². The normalized spacial score (nSPS) is 16.9. The number of hydrogen-bond acceptors (Lipinski definition) is 3. The van der Waals surface area contributed by atoms with E-state index in [1.807, 2.05) is 0 Å². The summed E-state index contributed by atoms with van der Waals surface area (Å²) in [4.78, 5) is 0. The SMILES string of the molecule is COCCNCc1ccccc1OC1CCCCCC1. The standard InChI is InChI=1S/C17H27NO2/c1-19-13-12-18-14-15-8-6-7-11-17(15)20-16-9-4-2-3-5-10-16/h6-8,11,16,18H,2-5,9-10,12-14H2,1H3. The summed E-state index contributed by atoms with van der Waals surface area (Å²) in [6.07, 6.45) is 8.13. The van der Waals surface area contributed by atoms with Crippen molar-refractivity contribution in [2.75, 3.05) is 20.3 Å². The fourth-order valence-electron chi connectivity index (χ4n) is 2.70. The number of hydrogen-bond donors (Lipinski definition) is 1. The van der Waals surface area contributed by atoms with E-state index in [4.69, 9.17) is 9.47 Å². The molecule has 1 aliphatic rings. The Hall–Kier alpha value is -1.06. The van der Waals surface area contributed by atoms with Crippen LogP contribution in [-0.4, -0.2) is 26.4 Å². The van der Waals surface area contributed by atoms with Gasteiger partial charge in [0.1, 0.15) is 5.75 Å². The van der Waals surface area contributed by atoms with Gasteiger partial charge in [0.15, 0.2) is 0 Å². The lowest BCUT2D eigenvalue weighted by Gasteiger charge is -2.19. The van der Waals surface area contributed by atoms with Crippen molar-refractivity contribution in [2.24, 2.45) is 0 Å². The van der Waals surface area contributed by atoms with Crippen LogP contribution in [0.4, 0.5) is 0 Å². The van der Waals surface area contributed by atoms with Crippen molar-refractivity contribution >= 4 is 0 Å². The highest BCUT2D eigenvalue weighted by molar-refractivity contribution is 5.33. The Morgan fingerprint density at radius 1 is 1.10 bits per heavy atom. The van der Waals surface area contributed by atoms with E-state index in [-0.39, 0.29) is 0 Å². The second kappa shape index (κ2) is 8.98. The van der Waals surface area contributed by atoms with Crippen molar-refractivity contribution < 1.29 is 9.47 Å². The van der Waals surface area contributed by atoms with Crippen LogP contribution >= 0.6 is 0 Å². The molecule has 2 rings (SSSR count). The fourth-order valence-corrected chi connectivity index (χ4v) is 2.70. The minimum absolute atomic E-state index is 0.401. The summed E-state index contributed by atoms with van der Waals surface area (Å²) in [6.45, 7) is 2.45. The molecule has 0 heterocycles. The summed E-state index contributed by atoms with van der Waals surface area (Å²) in [7, 11) is 1.73. The molecule has 112 valence electrons. The third kappa shape index (κ3) is 5.14. The lowest BCUT2D eigenvalue weighted by atomic mass is 10.1. The van der Waals surface area contributed by atoms with Crippen LogP contribution in [0, 0.1) is 0 Å². The summed E-state index contributed by atoms with van der Waals surface area (Å²) >= 11 is 0. The van der Waals surface area contributed by atoms with Gasteiger partial charge in [-0.3, -0.25) is 0 Å². The zero-order valence-corrected chi connectivity index (χ0v) is 12.6. The molecule has 0 saturated heterocycles. The molecule has 0 atom stereocenters. The zero-order valence-electron chi connectivity index (χ0n) is 12.6. The minimum Gasteiger partial charge on any atom is -0.490 e. The summed E-state index contributed by atoms with van der Waals surface area (Å²) in [5, 5.41) is 3.39. The summed E-state index contributed by atoms with van der Waals surface area (Å²) in [5.74, 6) is 1.05. The predicted molar refractivity (Wildman–Crippen MR) is 82.1 cm³/mol. The fraction of sp³-hybridized carbons (Fsp3) is 0.647. The maximum Gasteiger partial charge on any atom is 0.124 e. The highest BCUT2D eigenvalue weighted by atomic mass is 16.5. The lowest BCUT2D eigenvalue weighted by molar-refractivity contribution is 0.180. The molecule has 1 fully saturated rings. The molecule has 0 aromatic heterocycles. The molecule has 20 heavy (non-hydrogen) atoms. The predicted octanol–water partition coefficient (Wildman–Crippen LogP) is 3.52. The van der Waals surface area contributed by atoms with E-state index in [0.717, 1.165) is 25.4 Å². The van der Waals surface area contributed by atoms with Crippen LogP contribution < -0.4 is 10.1 Å². The molecule has 0 aliphatic heterocycles. The monoisotopic (exact) mass is 277 g/mol. The molecule has 0 bridgehead atoms. The van der Waals surface area contributed by atoms with Crippen molar-refractivity contribution in [3.8, 4) is 5.75 Å². The van der Waals surface area contributed by atoms with Gasteiger partial charge in [0.05, 0.1) is 12.7 Å². The molecule has 0 spiro atoms. The Kier molecular flexibility index (Phi) is 6.89. The third-order valence-electron chi connectivity index (χ3n) is 3.87. The van der Waals surface area contributed by atoms with Crippen LogP contribution in [0.1, 0.15) is 44.1 Å². The van der Waals surface area contributed by atoms with Crippen LogP contribution in [0.3, 0.4) is 0 Å². The topological polar surface area (TPSA) is 30.5 Å². The highest BCUT2D eigenvalue weighted by Gasteiger charge is 2.15. The molecule has 1 aliphatic carbocycles. The average molecular weight is 277 g/mol. The van der Waals surface area contributed by atoms with Gasteiger partial charge in [-0.15, -0.1) is 0 Å². The minimum atomic E-state index is 0.401. The number of ether oxygens (including phenoxy) is 2. The molecule has 1 aromatic carbocycles. The van der Waals surface area contributed by atoms with Gasteiger partial charge in [0, 0.05) is 25.8 Å².